The topological polar surface area (TPSA) is 29.1 Å². The molecule has 0 aromatic heterocycles. The molecule has 1 aliphatic rings. The molecule has 0 unspecified atom stereocenters. The lowest BCUT2D eigenvalue weighted by Gasteiger charge is -2.37. The molecule has 1 atom stereocenters. The van der Waals surface area contributed by atoms with E-state index in [0.29, 0.717) is 0 Å². The second-order valence-electron chi connectivity index (χ2n) is 4.13. The van der Waals surface area contributed by atoms with E-state index in [1.54, 1.807) is 0 Å². The van der Waals surface area contributed by atoms with Gasteiger partial charge in [-0.25, -0.2) is 0 Å². The molecule has 1 aliphatic heterocycles. The smallest absolute Gasteiger partial charge is 0.252 e. The number of hydrogen-bond donors (Lipinski definition) is 1. The third kappa shape index (κ3) is 1.36. The Morgan fingerprint density at radius 2 is 2.00 bits per heavy atom. The van der Waals surface area contributed by atoms with Gasteiger partial charge in [0.15, 0.2) is 0 Å². The summed E-state index contributed by atoms with van der Waals surface area (Å²) in [5.74, 6) is 0.0151. The summed E-state index contributed by atoms with van der Waals surface area (Å²) in [6.07, 6.45) is 0. The zero-order chi connectivity index (χ0) is 10.3. The summed E-state index contributed by atoms with van der Waals surface area (Å²) in [7, 11) is 0. The Morgan fingerprint density at radius 3 is 2.71 bits per heavy atom. The zero-order valence-corrected chi connectivity index (χ0v) is 9.76. The Labute approximate surface area is 91.8 Å². The van der Waals surface area contributed by atoms with Gasteiger partial charge in [0.25, 0.3) is 5.91 Å². The van der Waals surface area contributed by atoms with Crippen LogP contribution in [0.1, 0.15) is 34.6 Å². The molecule has 1 aromatic rings. The van der Waals surface area contributed by atoms with E-state index in [2.05, 4.69) is 21.2 Å². The monoisotopic (exact) mass is 253 g/mol. The van der Waals surface area contributed by atoms with Gasteiger partial charge in [-0.2, -0.15) is 0 Å². The standard InChI is InChI=1S/C11H12BrNO/c1-11(2)9(12)7-5-3-4-6-8(7)10(14)13-11/h3-6,9H,1-2H3,(H,13,14)/t9-/m1/s1. The molecule has 2 rings (SSSR count). The number of halogens is 1. The molecule has 1 N–H and O–H groups in total. The summed E-state index contributed by atoms with van der Waals surface area (Å²) in [5.41, 5.74) is 1.61. The quantitative estimate of drug-likeness (QED) is 0.708. The highest BCUT2D eigenvalue weighted by Gasteiger charge is 2.37. The molecule has 3 heteroatoms. The number of fused-ring (bicyclic) bond motifs is 1. The largest absolute Gasteiger partial charge is 0.346 e. The van der Waals surface area contributed by atoms with Crippen LogP contribution in [0.3, 0.4) is 0 Å². The van der Waals surface area contributed by atoms with Crippen LogP contribution in [0.4, 0.5) is 0 Å². The molecule has 1 heterocycles. The van der Waals surface area contributed by atoms with Crippen molar-refractivity contribution in [3.05, 3.63) is 35.4 Å². The van der Waals surface area contributed by atoms with Crippen LogP contribution in [0, 0.1) is 0 Å². The minimum absolute atomic E-state index is 0.0151. The van der Waals surface area contributed by atoms with E-state index in [-0.39, 0.29) is 16.3 Å². The van der Waals surface area contributed by atoms with Gasteiger partial charge in [-0.3, -0.25) is 4.79 Å². The lowest BCUT2D eigenvalue weighted by Crippen LogP contribution is -2.50. The van der Waals surface area contributed by atoms with Gasteiger partial charge in [-0.05, 0) is 25.5 Å². The van der Waals surface area contributed by atoms with Crippen molar-refractivity contribution in [2.75, 3.05) is 0 Å². The Balaban J connectivity index is 2.57. The van der Waals surface area contributed by atoms with Crippen molar-refractivity contribution < 1.29 is 4.79 Å². The Hall–Kier alpha value is -0.830. The van der Waals surface area contributed by atoms with Gasteiger partial charge >= 0.3 is 0 Å². The number of carbonyl (C=O) groups is 1. The van der Waals surface area contributed by atoms with Crippen LogP contribution in [0.5, 0.6) is 0 Å². The average Bonchev–Trinajstić information content (AvgIpc) is 2.14. The minimum Gasteiger partial charge on any atom is -0.346 e. The van der Waals surface area contributed by atoms with Crippen molar-refractivity contribution >= 4 is 21.8 Å². The van der Waals surface area contributed by atoms with Crippen LogP contribution in [0.25, 0.3) is 0 Å². The third-order valence-corrected chi connectivity index (χ3v) is 4.19. The van der Waals surface area contributed by atoms with E-state index in [1.807, 2.05) is 38.1 Å². The lowest BCUT2D eigenvalue weighted by molar-refractivity contribution is 0.0896. The van der Waals surface area contributed by atoms with Gasteiger partial charge in [-0.15, -0.1) is 0 Å². The first-order chi connectivity index (χ1) is 6.52. The van der Waals surface area contributed by atoms with Crippen molar-refractivity contribution in [2.24, 2.45) is 0 Å². The molecule has 0 radical (unpaired) electrons. The maximum absolute atomic E-state index is 11.7. The summed E-state index contributed by atoms with van der Waals surface area (Å²) in [5, 5.41) is 2.98. The number of hydrogen-bond acceptors (Lipinski definition) is 1. The van der Waals surface area contributed by atoms with E-state index < -0.39 is 0 Å². The molecule has 0 aliphatic carbocycles. The molecule has 14 heavy (non-hydrogen) atoms. The normalized spacial score (nSPS) is 23.9. The van der Waals surface area contributed by atoms with Crippen LogP contribution in [0.2, 0.25) is 0 Å². The number of benzene rings is 1. The molecule has 2 nitrogen and oxygen atoms in total. The highest BCUT2D eigenvalue weighted by Crippen LogP contribution is 2.38. The molecule has 0 saturated heterocycles. The minimum atomic E-state index is -0.231. The molecule has 1 aromatic carbocycles. The number of nitrogens with one attached hydrogen (secondary N) is 1. The summed E-state index contributed by atoms with van der Waals surface area (Å²) >= 11 is 3.62. The third-order valence-electron chi connectivity index (χ3n) is 2.55. The first kappa shape index (κ1) is 9.71. The van der Waals surface area contributed by atoms with E-state index in [1.165, 1.54) is 0 Å². The first-order valence-electron chi connectivity index (χ1n) is 4.58. The lowest BCUT2D eigenvalue weighted by atomic mass is 9.87. The second kappa shape index (κ2) is 3.09. The molecule has 0 bridgehead atoms. The van der Waals surface area contributed by atoms with Gasteiger partial charge in [0.05, 0.1) is 10.4 Å². The van der Waals surface area contributed by atoms with Gasteiger partial charge in [0.1, 0.15) is 0 Å². The molecule has 0 spiro atoms. The van der Waals surface area contributed by atoms with E-state index in [9.17, 15) is 4.79 Å². The molecule has 1 amide bonds. The molecule has 0 fully saturated rings. The fraction of sp³-hybridized carbons (Fsp3) is 0.364. The number of amides is 1. The van der Waals surface area contributed by atoms with E-state index >= 15 is 0 Å². The summed E-state index contributed by atoms with van der Waals surface area (Å²) in [6, 6.07) is 7.70. The Kier molecular flexibility index (Phi) is 2.14. The number of carbonyl (C=O) groups excluding carboxylic acids is 1. The second-order valence-corrected chi connectivity index (χ2v) is 5.04. The van der Waals surface area contributed by atoms with Crippen LogP contribution >= 0.6 is 15.9 Å². The fourth-order valence-electron chi connectivity index (χ4n) is 1.74. The number of rotatable bonds is 0. The van der Waals surface area contributed by atoms with Crippen molar-refractivity contribution in [2.45, 2.75) is 24.2 Å². The van der Waals surface area contributed by atoms with Crippen LogP contribution in [-0.2, 0) is 0 Å². The summed E-state index contributed by atoms with van der Waals surface area (Å²) in [4.78, 5) is 11.9. The molecular formula is C11H12BrNO. The van der Waals surface area contributed by atoms with Gasteiger partial charge in [-0.1, -0.05) is 34.1 Å². The SMILES string of the molecule is CC1(C)NC(=O)c2ccccc2[C@H]1Br. The zero-order valence-electron chi connectivity index (χ0n) is 8.17. The first-order valence-corrected chi connectivity index (χ1v) is 5.49. The fourth-order valence-corrected chi connectivity index (χ4v) is 2.25. The summed E-state index contributed by atoms with van der Waals surface area (Å²) in [6.45, 7) is 4.03. The Bertz CT molecular complexity index is 387. The van der Waals surface area contributed by atoms with Crippen LogP contribution < -0.4 is 5.32 Å². The van der Waals surface area contributed by atoms with Crippen LogP contribution in [-0.4, -0.2) is 11.4 Å². The molecule has 0 saturated carbocycles. The van der Waals surface area contributed by atoms with Crippen molar-refractivity contribution in [3.8, 4) is 0 Å². The molecular weight excluding hydrogens is 242 g/mol. The van der Waals surface area contributed by atoms with Gasteiger partial charge in [0.2, 0.25) is 0 Å². The maximum atomic E-state index is 11.7. The predicted octanol–water partition coefficient (Wildman–Crippen LogP) is 2.64. The maximum Gasteiger partial charge on any atom is 0.252 e. The van der Waals surface area contributed by atoms with Crippen LogP contribution in [0.15, 0.2) is 24.3 Å². The summed E-state index contributed by atoms with van der Waals surface area (Å²) < 4.78 is 0. The van der Waals surface area contributed by atoms with E-state index in [0.717, 1.165) is 11.1 Å². The molecule has 74 valence electrons. The highest BCUT2D eigenvalue weighted by molar-refractivity contribution is 9.09. The predicted molar refractivity (Wildman–Crippen MR) is 59.7 cm³/mol. The Morgan fingerprint density at radius 1 is 1.36 bits per heavy atom. The van der Waals surface area contributed by atoms with Crippen molar-refractivity contribution in [1.82, 2.24) is 5.32 Å². The van der Waals surface area contributed by atoms with E-state index in [4.69, 9.17) is 0 Å². The van der Waals surface area contributed by atoms with Crippen molar-refractivity contribution in [1.29, 1.82) is 0 Å². The van der Waals surface area contributed by atoms with Gasteiger partial charge < -0.3 is 5.32 Å². The average molecular weight is 254 g/mol. The van der Waals surface area contributed by atoms with Crippen molar-refractivity contribution in [3.63, 3.8) is 0 Å². The van der Waals surface area contributed by atoms with Gasteiger partial charge in [0, 0.05) is 5.56 Å². The highest BCUT2D eigenvalue weighted by atomic mass is 79.9. The number of alkyl halides is 1.